The number of hydrogen-bond acceptors (Lipinski definition) is 1. The maximum atomic E-state index is 11.2. The molecule has 1 nitrogen and oxygen atoms in total. The molecule has 2 rings (SSSR count). The maximum absolute atomic E-state index is 11.2. The third kappa shape index (κ3) is 0.523. The van der Waals surface area contributed by atoms with Crippen LogP contribution >= 0.6 is 11.6 Å². The Morgan fingerprint density at radius 1 is 1.80 bits per heavy atom. The molecule has 10 heavy (non-hydrogen) atoms. The van der Waals surface area contributed by atoms with Crippen molar-refractivity contribution in [3.05, 3.63) is 12.2 Å². The minimum atomic E-state index is -0.572. The Balaban J connectivity index is 2.29. The number of hydrogen-bond donors (Lipinski definition) is 0. The van der Waals surface area contributed by atoms with Crippen molar-refractivity contribution < 1.29 is 4.79 Å². The van der Waals surface area contributed by atoms with Crippen molar-refractivity contribution in [3.8, 4) is 0 Å². The number of fused-ring (bicyclic) bond motifs is 1. The third-order valence-corrected chi connectivity index (χ3v) is 3.05. The van der Waals surface area contributed by atoms with Gasteiger partial charge in [0.1, 0.15) is 4.87 Å². The lowest BCUT2D eigenvalue weighted by Gasteiger charge is -2.43. The second-order valence-electron chi connectivity index (χ2n) is 3.24. The van der Waals surface area contributed by atoms with E-state index in [9.17, 15) is 4.79 Å². The Bertz CT molecular complexity index is 217. The highest BCUT2D eigenvalue weighted by molar-refractivity contribution is 6.38. The van der Waals surface area contributed by atoms with Crippen molar-refractivity contribution in [1.29, 1.82) is 0 Å². The van der Waals surface area contributed by atoms with Crippen molar-refractivity contribution >= 4 is 17.4 Å². The highest BCUT2D eigenvalue weighted by Gasteiger charge is 2.57. The van der Waals surface area contributed by atoms with Gasteiger partial charge in [0.25, 0.3) is 0 Å². The van der Waals surface area contributed by atoms with Crippen LogP contribution in [-0.2, 0) is 4.79 Å². The Morgan fingerprint density at radius 2 is 2.50 bits per heavy atom. The first-order valence-electron chi connectivity index (χ1n) is 3.54. The summed E-state index contributed by atoms with van der Waals surface area (Å²) in [6.45, 7) is 1.81. The fourth-order valence-electron chi connectivity index (χ4n) is 1.91. The van der Waals surface area contributed by atoms with Crippen LogP contribution in [0.2, 0.25) is 0 Å². The topological polar surface area (TPSA) is 17.1 Å². The monoisotopic (exact) mass is 156 g/mol. The smallest absolute Gasteiger partial charge is 0.158 e. The molecule has 3 atom stereocenters. The number of Topliss-reactive ketones (excluding diaryl/α,β-unsaturated/α-hetero) is 1. The van der Waals surface area contributed by atoms with Gasteiger partial charge in [0.15, 0.2) is 5.78 Å². The van der Waals surface area contributed by atoms with E-state index in [2.05, 4.69) is 12.2 Å². The van der Waals surface area contributed by atoms with Crippen LogP contribution in [-0.4, -0.2) is 10.7 Å². The van der Waals surface area contributed by atoms with Crippen LogP contribution in [0.3, 0.4) is 0 Å². The number of rotatable bonds is 0. The predicted molar refractivity (Wildman–Crippen MR) is 40.0 cm³/mol. The Morgan fingerprint density at radius 3 is 3.10 bits per heavy atom. The molecule has 0 aliphatic heterocycles. The molecule has 0 N–H and O–H groups in total. The van der Waals surface area contributed by atoms with Gasteiger partial charge < -0.3 is 0 Å². The van der Waals surface area contributed by atoms with Gasteiger partial charge in [0.05, 0.1) is 0 Å². The predicted octanol–water partition coefficient (Wildman–Crippen LogP) is 1.76. The highest BCUT2D eigenvalue weighted by Crippen LogP contribution is 2.50. The fourth-order valence-corrected chi connectivity index (χ4v) is 2.28. The molecule has 0 bridgehead atoms. The first-order valence-corrected chi connectivity index (χ1v) is 3.91. The van der Waals surface area contributed by atoms with Crippen LogP contribution in [0.25, 0.3) is 0 Å². The van der Waals surface area contributed by atoms with Gasteiger partial charge in [-0.1, -0.05) is 12.2 Å². The minimum absolute atomic E-state index is 0.225. The summed E-state index contributed by atoms with van der Waals surface area (Å²) in [5.74, 6) is 0.772. The third-order valence-electron chi connectivity index (χ3n) is 2.61. The van der Waals surface area contributed by atoms with E-state index in [-0.39, 0.29) is 11.7 Å². The van der Waals surface area contributed by atoms with E-state index in [4.69, 9.17) is 11.6 Å². The summed E-state index contributed by atoms with van der Waals surface area (Å²) in [5, 5.41) is 0. The second-order valence-corrected chi connectivity index (χ2v) is 4.02. The zero-order valence-electron chi connectivity index (χ0n) is 5.80. The highest BCUT2D eigenvalue weighted by atomic mass is 35.5. The summed E-state index contributed by atoms with van der Waals surface area (Å²) in [6, 6.07) is 0. The summed E-state index contributed by atoms with van der Waals surface area (Å²) in [5.41, 5.74) is 0. The Labute approximate surface area is 65.1 Å². The van der Waals surface area contributed by atoms with E-state index in [1.807, 2.05) is 6.92 Å². The summed E-state index contributed by atoms with van der Waals surface area (Å²) >= 11 is 5.96. The van der Waals surface area contributed by atoms with E-state index in [1.54, 1.807) is 0 Å². The Hall–Kier alpha value is -0.300. The molecule has 2 aliphatic carbocycles. The molecule has 0 heterocycles. The zero-order chi connectivity index (χ0) is 7.35. The van der Waals surface area contributed by atoms with Crippen molar-refractivity contribution in [2.45, 2.75) is 18.2 Å². The SMILES string of the molecule is CC1(Cl)C(=O)C2CC=CC21. The first-order chi connectivity index (χ1) is 4.64. The quantitative estimate of drug-likeness (QED) is 0.386. The molecule has 0 aromatic rings. The van der Waals surface area contributed by atoms with Crippen molar-refractivity contribution in [2.75, 3.05) is 0 Å². The molecule has 0 saturated heterocycles. The van der Waals surface area contributed by atoms with Gasteiger partial charge in [-0.2, -0.15) is 0 Å². The molecule has 2 aliphatic rings. The van der Waals surface area contributed by atoms with E-state index in [0.717, 1.165) is 6.42 Å². The van der Waals surface area contributed by atoms with Crippen LogP contribution in [0, 0.1) is 11.8 Å². The van der Waals surface area contributed by atoms with Gasteiger partial charge in [-0.25, -0.2) is 0 Å². The van der Waals surface area contributed by atoms with E-state index >= 15 is 0 Å². The molecule has 0 aromatic carbocycles. The van der Waals surface area contributed by atoms with Crippen LogP contribution in [0.4, 0.5) is 0 Å². The lowest BCUT2D eigenvalue weighted by atomic mass is 9.65. The second kappa shape index (κ2) is 1.65. The summed E-state index contributed by atoms with van der Waals surface area (Å²) in [4.78, 5) is 10.6. The maximum Gasteiger partial charge on any atom is 0.158 e. The molecule has 54 valence electrons. The Kier molecular flexibility index (Phi) is 1.06. The summed E-state index contributed by atoms with van der Waals surface area (Å²) in [7, 11) is 0. The number of ketones is 1. The normalized spacial score (nSPS) is 50.8. The van der Waals surface area contributed by atoms with Gasteiger partial charge in [0, 0.05) is 11.8 Å². The number of carbonyl (C=O) groups is 1. The van der Waals surface area contributed by atoms with Crippen LogP contribution in [0.15, 0.2) is 12.2 Å². The molecule has 0 aromatic heterocycles. The lowest BCUT2D eigenvalue weighted by Crippen LogP contribution is -2.55. The minimum Gasteiger partial charge on any atom is -0.297 e. The van der Waals surface area contributed by atoms with Crippen molar-refractivity contribution in [3.63, 3.8) is 0 Å². The zero-order valence-corrected chi connectivity index (χ0v) is 6.56. The van der Waals surface area contributed by atoms with E-state index in [0.29, 0.717) is 5.92 Å². The van der Waals surface area contributed by atoms with Crippen molar-refractivity contribution in [2.24, 2.45) is 11.8 Å². The van der Waals surface area contributed by atoms with Gasteiger partial charge in [-0.3, -0.25) is 4.79 Å². The largest absolute Gasteiger partial charge is 0.297 e. The summed E-state index contributed by atoms with van der Waals surface area (Å²) in [6.07, 6.45) is 5.03. The number of halogens is 1. The summed E-state index contributed by atoms with van der Waals surface area (Å²) < 4.78 is 0. The van der Waals surface area contributed by atoms with Gasteiger partial charge >= 0.3 is 0 Å². The molecule has 2 heteroatoms. The number of allylic oxidation sites excluding steroid dienone is 2. The molecule has 0 radical (unpaired) electrons. The van der Waals surface area contributed by atoms with Gasteiger partial charge in [0.2, 0.25) is 0 Å². The average Bonchev–Trinajstić information content (AvgIpc) is 2.31. The first kappa shape index (κ1) is 6.41. The standard InChI is InChI=1S/C8H9ClO/c1-8(9)6-4-2-3-5(6)7(8)10/h2,4-6H,3H2,1H3. The van der Waals surface area contributed by atoms with Crippen LogP contribution < -0.4 is 0 Å². The number of carbonyl (C=O) groups excluding carboxylic acids is 1. The fraction of sp³-hybridized carbons (Fsp3) is 0.625. The molecule has 0 amide bonds. The molecular weight excluding hydrogens is 148 g/mol. The molecule has 1 fully saturated rings. The lowest BCUT2D eigenvalue weighted by molar-refractivity contribution is -0.135. The van der Waals surface area contributed by atoms with Gasteiger partial charge in [-0.05, 0) is 13.3 Å². The van der Waals surface area contributed by atoms with Crippen LogP contribution in [0.1, 0.15) is 13.3 Å². The van der Waals surface area contributed by atoms with Crippen LogP contribution in [0.5, 0.6) is 0 Å². The molecular formula is C8H9ClO. The van der Waals surface area contributed by atoms with Crippen molar-refractivity contribution in [1.82, 2.24) is 0 Å². The molecule has 1 saturated carbocycles. The molecule has 3 unspecified atom stereocenters. The van der Waals surface area contributed by atoms with E-state index < -0.39 is 4.87 Å². The van der Waals surface area contributed by atoms with E-state index in [1.165, 1.54) is 0 Å². The number of alkyl halides is 1. The molecule has 0 spiro atoms. The average molecular weight is 157 g/mol. The van der Waals surface area contributed by atoms with Gasteiger partial charge in [-0.15, -0.1) is 11.6 Å².